The maximum absolute atomic E-state index is 13.5. The van der Waals surface area contributed by atoms with Crippen LogP contribution in [0.25, 0.3) is 22.7 Å². The van der Waals surface area contributed by atoms with Crippen LogP contribution < -0.4 is 15.0 Å². The molecule has 1 aliphatic heterocycles. The first kappa shape index (κ1) is 23.4. The number of pyridine rings is 1. The summed E-state index contributed by atoms with van der Waals surface area (Å²) in [5.74, 6) is -0.398. The first-order chi connectivity index (χ1) is 17.4. The Kier molecular flexibility index (Phi) is 6.12. The van der Waals surface area contributed by atoms with Crippen LogP contribution in [0.5, 0.6) is 5.75 Å². The lowest BCUT2D eigenvalue weighted by Crippen LogP contribution is -2.54. The van der Waals surface area contributed by atoms with Gasteiger partial charge < -0.3 is 9.30 Å². The van der Waals surface area contributed by atoms with Gasteiger partial charge in [0.05, 0.1) is 17.8 Å². The van der Waals surface area contributed by atoms with Crippen LogP contribution in [-0.4, -0.2) is 33.1 Å². The average Bonchev–Trinajstić information content (AvgIpc) is 3.14. The monoisotopic (exact) mass is 496 g/mol. The molecule has 0 spiro atoms. The summed E-state index contributed by atoms with van der Waals surface area (Å²) < 4.78 is 7.66. The second kappa shape index (κ2) is 9.39. The predicted octanol–water partition coefficient (Wildman–Crippen LogP) is 4.87. The van der Waals surface area contributed by atoms with Crippen molar-refractivity contribution in [2.45, 2.75) is 20.8 Å². The summed E-state index contributed by atoms with van der Waals surface area (Å²) in [7, 11) is 0. The molecule has 1 N–H and O–H groups in total. The Morgan fingerprint density at radius 1 is 1.03 bits per heavy atom. The minimum Gasteiger partial charge on any atom is -0.494 e. The standard InChI is InChI=1S/C28H24N4O3S/c1-4-35-23-9-5-8-21(16-23)32-27(34)24(26(33)30-28(32)36)15-20-13-17(2)31(18(20)3)22-10-11-25-19(14-22)7-6-12-29-25/h5-16H,4H2,1-3H3,(H,30,33,36)/b24-15+. The molecule has 0 bridgehead atoms. The van der Waals surface area contributed by atoms with Crippen LogP contribution in [0.15, 0.2) is 72.4 Å². The van der Waals surface area contributed by atoms with Gasteiger partial charge in [-0.2, -0.15) is 0 Å². The van der Waals surface area contributed by atoms with Crippen molar-refractivity contribution < 1.29 is 14.3 Å². The van der Waals surface area contributed by atoms with Crippen LogP contribution in [0.4, 0.5) is 5.69 Å². The third-order valence-electron chi connectivity index (χ3n) is 6.10. The van der Waals surface area contributed by atoms with Gasteiger partial charge in [-0.1, -0.05) is 12.1 Å². The number of carbonyl (C=O) groups excluding carboxylic acids is 2. The van der Waals surface area contributed by atoms with Crippen LogP contribution >= 0.6 is 12.2 Å². The van der Waals surface area contributed by atoms with Crippen molar-refractivity contribution >= 4 is 51.8 Å². The number of hydrogen-bond acceptors (Lipinski definition) is 5. The molecule has 0 unspecified atom stereocenters. The van der Waals surface area contributed by atoms with Crippen LogP contribution in [0.1, 0.15) is 23.9 Å². The molecule has 2 amide bonds. The van der Waals surface area contributed by atoms with Gasteiger partial charge in [0.25, 0.3) is 11.8 Å². The molecule has 1 saturated heterocycles. The Morgan fingerprint density at radius 3 is 2.67 bits per heavy atom. The number of nitrogens with one attached hydrogen (secondary N) is 1. The van der Waals surface area contributed by atoms with Crippen molar-refractivity contribution in [1.29, 1.82) is 0 Å². The highest BCUT2D eigenvalue weighted by Crippen LogP contribution is 2.28. The lowest BCUT2D eigenvalue weighted by molar-refractivity contribution is -0.122. The first-order valence-electron chi connectivity index (χ1n) is 11.6. The van der Waals surface area contributed by atoms with Gasteiger partial charge in [-0.05, 0) is 87.1 Å². The van der Waals surface area contributed by atoms with Crippen LogP contribution in [0.3, 0.4) is 0 Å². The molecule has 1 aliphatic rings. The molecule has 36 heavy (non-hydrogen) atoms. The van der Waals surface area contributed by atoms with Crippen molar-refractivity contribution in [3.8, 4) is 11.4 Å². The van der Waals surface area contributed by atoms with Crippen molar-refractivity contribution in [3.63, 3.8) is 0 Å². The fourth-order valence-electron chi connectivity index (χ4n) is 4.46. The molecule has 0 aliphatic carbocycles. The molecule has 5 rings (SSSR count). The molecule has 4 aromatic rings. The number of aryl methyl sites for hydroxylation is 1. The maximum Gasteiger partial charge on any atom is 0.270 e. The summed E-state index contributed by atoms with van der Waals surface area (Å²) in [6.45, 7) is 6.33. The summed E-state index contributed by atoms with van der Waals surface area (Å²) in [6, 6.07) is 19.0. The van der Waals surface area contributed by atoms with E-state index in [2.05, 4.69) is 20.9 Å². The third-order valence-corrected chi connectivity index (χ3v) is 6.39. The number of carbonyl (C=O) groups is 2. The zero-order chi connectivity index (χ0) is 25.4. The van der Waals surface area contributed by atoms with Crippen LogP contribution in [0.2, 0.25) is 0 Å². The van der Waals surface area contributed by atoms with E-state index in [0.29, 0.717) is 18.0 Å². The Morgan fingerprint density at radius 2 is 1.86 bits per heavy atom. The molecular weight excluding hydrogens is 472 g/mol. The summed E-state index contributed by atoms with van der Waals surface area (Å²) in [4.78, 5) is 32.0. The lowest BCUT2D eigenvalue weighted by Gasteiger charge is -2.29. The summed E-state index contributed by atoms with van der Waals surface area (Å²) in [5.41, 5.74) is 5.08. The van der Waals surface area contributed by atoms with Gasteiger partial charge in [0.1, 0.15) is 11.3 Å². The van der Waals surface area contributed by atoms with Gasteiger partial charge in [-0.25, -0.2) is 0 Å². The van der Waals surface area contributed by atoms with Crippen molar-refractivity contribution in [2.24, 2.45) is 0 Å². The Labute approximate surface area is 214 Å². The first-order valence-corrected chi connectivity index (χ1v) is 12.0. The summed E-state index contributed by atoms with van der Waals surface area (Å²) in [6.07, 6.45) is 3.40. The topological polar surface area (TPSA) is 76.5 Å². The molecular formula is C28H24N4O3S. The Hall–Kier alpha value is -4.30. The number of benzene rings is 2. The Bertz CT molecular complexity index is 1570. The number of thiocarbonyl (C=S) groups is 1. The number of ether oxygens (including phenoxy) is 1. The second-order valence-corrected chi connectivity index (χ2v) is 8.82. The predicted molar refractivity (Wildman–Crippen MR) is 144 cm³/mol. The number of fused-ring (bicyclic) bond motifs is 1. The van der Waals surface area contributed by atoms with E-state index >= 15 is 0 Å². The van der Waals surface area contributed by atoms with E-state index in [1.807, 2.05) is 51.1 Å². The van der Waals surface area contributed by atoms with Gasteiger partial charge in [0.2, 0.25) is 0 Å². The smallest absolute Gasteiger partial charge is 0.270 e. The van der Waals surface area contributed by atoms with E-state index in [1.54, 1.807) is 36.5 Å². The van der Waals surface area contributed by atoms with Crippen LogP contribution in [0, 0.1) is 13.8 Å². The number of nitrogens with zero attached hydrogens (tertiary/aromatic N) is 3. The highest BCUT2D eigenvalue weighted by atomic mass is 32.1. The van der Waals surface area contributed by atoms with Crippen molar-refractivity contribution in [2.75, 3.05) is 11.5 Å². The van der Waals surface area contributed by atoms with E-state index in [-0.39, 0.29) is 10.7 Å². The molecule has 7 nitrogen and oxygen atoms in total. The third kappa shape index (κ3) is 4.16. The van der Waals surface area contributed by atoms with Gasteiger partial charge in [0.15, 0.2) is 5.11 Å². The Balaban J connectivity index is 1.54. The quantitative estimate of drug-likeness (QED) is 0.242. The lowest BCUT2D eigenvalue weighted by atomic mass is 10.1. The molecule has 180 valence electrons. The van der Waals surface area contributed by atoms with Crippen molar-refractivity contribution in [1.82, 2.24) is 14.9 Å². The fourth-order valence-corrected chi connectivity index (χ4v) is 4.74. The van der Waals surface area contributed by atoms with E-state index in [1.165, 1.54) is 4.90 Å². The molecule has 0 saturated carbocycles. The minimum atomic E-state index is -0.524. The van der Waals surface area contributed by atoms with Gasteiger partial charge in [-0.15, -0.1) is 0 Å². The molecule has 2 aromatic carbocycles. The summed E-state index contributed by atoms with van der Waals surface area (Å²) in [5, 5.41) is 3.71. The molecule has 2 aromatic heterocycles. The van der Waals surface area contributed by atoms with E-state index in [4.69, 9.17) is 17.0 Å². The molecule has 8 heteroatoms. The minimum absolute atomic E-state index is 0.00775. The number of anilines is 1. The molecule has 0 radical (unpaired) electrons. The number of amides is 2. The average molecular weight is 497 g/mol. The molecule has 0 atom stereocenters. The SMILES string of the molecule is CCOc1cccc(N2C(=O)/C(=C/c3cc(C)n(-c4ccc5ncccc5c4)c3C)C(=O)NC2=S)c1. The van der Waals surface area contributed by atoms with Crippen molar-refractivity contribution in [3.05, 3.63) is 89.4 Å². The maximum atomic E-state index is 13.5. The number of rotatable bonds is 5. The summed E-state index contributed by atoms with van der Waals surface area (Å²) >= 11 is 5.34. The van der Waals surface area contributed by atoms with E-state index in [9.17, 15) is 9.59 Å². The molecule has 1 fully saturated rings. The number of hydrogen-bond donors (Lipinski definition) is 1. The fraction of sp³-hybridized carbons (Fsp3) is 0.143. The molecule has 3 heterocycles. The van der Waals surface area contributed by atoms with Gasteiger partial charge in [0, 0.05) is 34.7 Å². The van der Waals surface area contributed by atoms with Crippen LogP contribution in [-0.2, 0) is 9.59 Å². The highest BCUT2D eigenvalue weighted by molar-refractivity contribution is 7.80. The van der Waals surface area contributed by atoms with Gasteiger partial charge in [-0.3, -0.25) is 24.8 Å². The number of aromatic nitrogens is 2. The second-order valence-electron chi connectivity index (χ2n) is 8.43. The normalized spacial score (nSPS) is 15.0. The van der Waals surface area contributed by atoms with E-state index in [0.717, 1.165) is 33.5 Å². The zero-order valence-corrected chi connectivity index (χ0v) is 20.9. The largest absolute Gasteiger partial charge is 0.494 e. The van der Waals surface area contributed by atoms with E-state index < -0.39 is 11.8 Å². The highest BCUT2D eigenvalue weighted by Gasteiger charge is 2.35. The van der Waals surface area contributed by atoms with Gasteiger partial charge >= 0.3 is 0 Å². The zero-order valence-electron chi connectivity index (χ0n) is 20.1.